The molecule has 1 aliphatic carbocycles. The van der Waals surface area contributed by atoms with Crippen molar-refractivity contribution in [3.8, 4) is 0 Å². The molecule has 0 radical (unpaired) electrons. The Balaban J connectivity index is 2.24. The van der Waals surface area contributed by atoms with Gasteiger partial charge in [0.25, 0.3) is 0 Å². The van der Waals surface area contributed by atoms with Crippen LogP contribution in [0.1, 0.15) is 19.8 Å². The molecule has 0 saturated heterocycles. The van der Waals surface area contributed by atoms with E-state index >= 15 is 0 Å². The standard InChI is InChI=1S/C8H17NO/c1-4-10-7-8(5-6-8)9(2)3/h4-7H2,1-3H3. The first-order valence-electron chi connectivity index (χ1n) is 3.96. The second kappa shape index (κ2) is 2.89. The van der Waals surface area contributed by atoms with Crippen LogP contribution >= 0.6 is 0 Å². The van der Waals surface area contributed by atoms with Gasteiger partial charge >= 0.3 is 0 Å². The predicted molar refractivity (Wildman–Crippen MR) is 42.1 cm³/mol. The molecule has 0 aliphatic heterocycles. The highest BCUT2D eigenvalue weighted by Gasteiger charge is 2.44. The van der Waals surface area contributed by atoms with Crippen LogP contribution in [0.4, 0.5) is 0 Å². The smallest absolute Gasteiger partial charge is 0.0650 e. The van der Waals surface area contributed by atoms with E-state index in [1.807, 2.05) is 6.92 Å². The average Bonchev–Trinajstić information content (AvgIpc) is 2.64. The first-order valence-corrected chi connectivity index (χ1v) is 3.96. The van der Waals surface area contributed by atoms with Crippen molar-refractivity contribution in [3.63, 3.8) is 0 Å². The van der Waals surface area contributed by atoms with Crippen molar-refractivity contribution in [3.05, 3.63) is 0 Å². The summed E-state index contributed by atoms with van der Waals surface area (Å²) in [5.41, 5.74) is 0.413. The van der Waals surface area contributed by atoms with Crippen molar-refractivity contribution >= 4 is 0 Å². The molecule has 0 spiro atoms. The third-order valence-electron chi connectivity index (χ3n) is 2.35. The Kier molecular flexibility index (Phi) is 2.32. The Morgan fingerprint density at radius 3 is 2.30 bits per heavy atom. The van der Waals surface area contributed by atoms with Crippen LogP contribution in [0.5, 0.6) is 0 Å². The Morgan fingerprint density at radius 1 is 1.40 bits per heavy atom. The molecule has 10 heavy (non-hydrogen) atoms. The zero-order valence-corrected chi connectivity index (χ0v) is 7.18. The van der Waals surface area contributed by atoms with Crippen LogP contribution < -0.4 is 0 Å². The second-order valence-corrected chi connectivity index (χ2v) is 3.26. The van der Waals surface area contributed by atoms with Gasteiger partial charge in [0.1, 0.15) is 0 Å². The molecule has 2 heteroatoms. The number of ether oxygens (including phenoxy) is 1. The molecule has 0 bridgehead atoms. The summed E-state index contributed by atoms with van der Waals surface area (Å²) in [5, 5.41) is 0. The fraction of sp³-hybridized carbons (Fsp3) is 1.00. The summed E-state index contributed by atoms with van der Waals surface area (Å²) in [4.78, 5) is 2.28. The lowest BCUT2D eigenvalue weighted by Crippen LogP contribution is -2.34. The lowest BCUT2D eigenvalue weighted by atomic mass is 10.3. The zero-order chi connectivity index (χ0) is 7.61. The van der Waals surface area contributed by atoms with Crippen molar-refractivity contribution in [1.82, 2.24) is 4.90 Å². The Hall–Kier alpha value is -0.0800. The maximum Gasteiger partial charge on any atom is 0.0650 e. The van der Waals surface area contributed by atoms with Gasteiger partial charge in [0.15, 0.2) is 0 Å². The van der Waals surface area contributed by atoms with Gasteiger partial charge in [-0.2, -0.15) is 0 Å². The fourth-order valence-corrected chi connectivity index (χ4v) is 1.16. The van der Waals surface area contributed by atoms with Crippen molar-refractivity contribution in [2.75, 3.05) is 27.3 Å². The Morgan fingerprint density at radius 2 is 2.00 bits per heavy atom. The quantitative estimate of drug-likeness (QED) is 0.584. The molecule has 0 heterocycles. The van der Waals surface area contributed by atoms with Crippen LogP contribution in [0.15, 0.2) is 0 Å². The van der Waals surface area contributed by atoms with Gasteiger partial charge in [-0.3, -0.25) is 0 Å². The molecule has 0 unspecified atom stereocenters. The van der Waals surface area contributed by atoms with Crippen molar-refractivity contribution in [2.24, 2.45) is 0 Å². The highest BCUT2D eigenvalue weighted by Crippen LogP contribution is 2.39. The van der Waals surface area contributed by atoms with E-state index in [1.54, 1.807) is 0 Å². The van der Waals surface area contributed by atoms with Gasteiger partial charge in [-0.1, -0.05) is 0 Å². The summed E-state index contributed by atoms with van der Waals surface area (Å²) >= 11 is 0. The van der Waals surface area contributed by atoms with E-state index in [4.69, 9.17) is 4.74 Å². The van der Waals surface area contributed by atoms with Crippen molar-refractivity contribution in [1.29, 1.82) is 0 Å². The van der Waals surface area contributed by atoms with E-state index in [0.717, 1.165) is 13.2 Å². The molecular weight excluding hydrogens is 126 g/mol. The van der Waals surface area contributed by atoms with E-state index in [1.165, 1.54) is 12.8 Å². The number of hydrogen-bond acceptors (Lipinski definition) is 2. The Labute approximate surface area is 63.2 Å². The second-order valence-electron chi connectivity index (χ2n) is 3.26. The maximum absolute atomic E-state index is 5.38. The molecule has 0 N–H and O–H groups in total. The molecule has 1 fully saturated rings. The molecule has 0 aromatic rings. The van der Waals surface area contributed by atoms with Crippen LogP contribution in [-0.2, 0) is 4.74 Å². The minimum absolute atomic E-state index is 0.413. The monoisotopic (exact) mass is 143 g/mol. The lowest BCUT2D eigenvalue weighted by molar-refractivity contribution is 0.0761. The number of hydrogen-bond donors (Lipinski definition) is 0. The van der Waals surface area contributed by atoms with Crippen LogP contribution in [-0.4, -0.2) is 37.7 Å². The summed E-state index contributed by atoms with van der Waals surface area (Å²) in [6.07, 6.45) is 2.61. The highest BCUT2D eigenvalue weighted by atomic mass is 16.5. The van der Waals surface area contributed by atoms with E-state index in [2.05, 4.69) is 19.0 Å². The first kappa shape index (κ1) is 8.02. The molecule has 0 amide bonds. The third kappa shape index (κ3) is 1.50. The summed E-state index contributed by atoms with van der Waals surface area (Å²) in [6, 6.07) is 0. The van der Waals surface area contributed by atoms with Crippen LogP contribution in [0.3, 0.4) is 0 Å². The normalized spacial score (nSPS) is 21.6. The fourth-order valence-electron chi connectivity index (χ4n) is 1.16. The minimum atomic E-state index is 0.413. The molecule has 1 rings (SSSR count). The zero-order valence-electron chi connectivity index (χ0n) is 7.18. The minimum Gasteiger partial charge on any atom is -0.380 e. The van der Waals surface area contributed by atoms with Crippen LogP contribution in [0.2, 0.25) is 0 Å². The van der Waals surface area contributed by atoms with Crippen LogP contribution in [0.25, 0.3) is 0 Å². The predicted octanol–water partition coefficient (Wildman–Crippen LogP) is 1.12. The number of nitrogens with zero attached hydrogens (tertiary/aromatic N) is 1. The van der Waals surface area contributed by atoms with E-state index in [0.29, 0.717) is 5.54 Å². The number of likely N-dealkylation sites (N-methyl/N-ethyl adjacent to an activating group) is 1. The SMILES string of the molecule is CCOCC1(N(C)C)CC1. The molecule has 1 aliphatic rings. The van der Waals surface area contributed by atoms with Gasteiger partial charge < -0.3 is 9.64 Å². The molecule has 60 valence electrons. The van der Waals surface area contributed by atoms with E-state index < -0.39 is 0 Å². The van der Waals surface area contributed by atoms with E-state index in [-0.39, 0.29) is 0 Å². The summed E-state index contributed by atoms with van der Waals surface area (Å²) < 4.78 is 5.38. The molecule has 2 nitrogen and oxygen atoms in total. The van der Waals surface area contributed by atoms with Gasteiger partial charge in [-0.25, -0.2) is 0 Å². The molecule has 1 saturated carbocycles. The topological polar surface area (TPSA) is 12.5 Å². The first-order chi connectivity index (χ1) is 4.71. The van der Waals surface area contributed by atoms with E-state index in [9.17, 15) is 0 Å². The van der Waals surface area contributed by atoms with Gasteiger partial charge in [0.05, 0.1) is 6.61 Å². The number of rotatable bonds is 4. The van der Waals surface area contributed by atoms with Gasteiger partial charge in [0, 0.05) is 12.1 Å². The van der Waals surface area contributed by atoms with Crippen LogP contribution in [0, 0.1) is 0 Å². The summed E-state index contributed by atoms with van der Waals surface area (Å²) in [5.74, 6) is 0. The van der Waals surface area contributed by atoms with Crippen molar-refractivity contribution in [2.45, 2.75) is 25.3 Å². The van der Waals surface area contributed by atoms with Gasteiger partial charge in [-0.05, 0) is 33.9 Å². The van der Waals surface area contributed by atoms with Gasteiger partial charge in [-0.15, -0.1) is 0 Å². The highest BCUT2D eigenvalue weighted by molar-refractivity contribution is 5.01. The largest absolute Gasteiger partial charge is 0.380 e. The molecular formula is C8H17NO. The van der Waals surface area contributed by atoms with Gasteiger partial charge in [0.2, 0.25) is 0 Å². The Bertz CT molecular complexity index is 108. The lowest BCUT2D eigenvalue weighted by Gasteiger charge is -2.22. The molecule has 0 aromatic heterocycles. The maximum atomic E-state index is 5.38. The average molecular weight is 143 g/mol. The molecule has 0 aromatic carbocycles. The third-order valence-corrected chi connectivity index (χ3v) is 2.35. The summed E-state index contributed by atoms with van der Waals surface area (Å²) in [6.45, 7) is 3.80. The van der Waals surface area contributed by atoms with Crippen molar-refractivity contribution < 1.29 is 4.74 Å². The molecule has 0 atom stereocenters. The summed E-state index contributed by atoms with van der Waals surface area (Å²) in [7, 11) is 4.26.